The zero-order valence-electron chi connectivity index (χ0n) is 10.6. The van der Waals surface area contributed by atoms with Crippen molar-refractivity contribution in [2.75, 3.05) is 13.1 Å². The first kappa shape index (κ1) is 12.3. The lowest BCUT2D eigenvalue weighted by Crippen LogP contribution is -2.39. The van der Waals surface area contributed by atoms with Crippen LogP contribution in [0.5, 0.6) is 0 Å². The monoisotopic (exact) mass is 276 g/mol. The minimum absolute atomic E-state index is 0.237. The molecule has 1 saturated heterocycles. The van der Waals surface area contributed by atoms with Gasteiger partial charge < -0.3 is 9.47 Å². The molecule has 0 radical (unpaired) electrons. The zero-order valence-corrected chi connectivity index (χ0v) is 11.4. The van der Waals surface area contributed by atoms with Crippen LogP contribution in [0.15, 0.2) is 29.5 Å². The SMILES string of the molecule is O=C(Cc1ccsc1)N1CCC(n2cnnc2)CC1. The molecule has 0 bridgehead atoms. The Bertz CT molecular complexity index is 515. The first-order chi connectivity index (χ1) is 9.33. The maximum Gasteiger partial charge on any atom is 0.227 e. The molecule has 0 atom stereocenters. The van der Waals surface area contributed by atoms with Crippen molar-refractivity contribution >= 4 is 17.2 Å². The van der Waals surface area contributed by atoms with Crippen LogP contribution in [0.1, 0.15) is 24.4 Å². The Morgan fingerprint density at radius 3 is 2.68 bits per heavy atom. The van der Waals surface area contributed by atoms with Crippen molar-refractivity contribution in [1.29, 1.82) is 0 Å². The second-order valence-corrected chi connectivity index (χ2v) is 5.61. The molecule has 0 unspecified atom stereocenters. The molecule has 3 rings (SSSR count). The molecule has 5 nitrogen and oxygen atoms in total. The Morgan fingerprint density at radius 1 is 1.32 bits per heavy atom. The minimum Gasteiger partial charge on any atom is -0.342 e. The zero-order chi connectivity index (χ0) is 13.1. The van der Waals surface area contributed by atoms with Gasteiger partial charge in [0.2, 0.25) is 5.91 Å². The first-order valence-electron chi connectivity index (χ1n) is 6.46. The number of aromatic nitrogens is 3. The Morgan fingerprint density at radius 2 is 2.05 bits per heavy atom. The van der Waals surface area contributed by atoms with E-state index < -0.39 is 0 Å². The molecule has 1 aliphatic heterocycles. The molecule has 0 aliphatic carbocycles. The molecule has 0 saturated carbocycles. The lowest BCUT2D eigenvalue weighted by molar-refractivity contribution is -0.131. The number of hydrogen-bond acceptors (Lipinski definition) is 4. The van der Waals surface area contributed by atoms with E-state index in [-0.39, 0.29) is 5.91 Å². The summed E-state index contributed by atoms with van der Waals surface area (Å²) in [5.41, 5.74) is 1.12. The molecule has 0 spiro atoms. The van der Waals surface area contributed by atoms with E-state index in [2.05, 4.69) is 10.2 Å². The van der Waals surface area contributed by atoms with Gasteiger partial charge in [-0.05, 0) is 35.2 Å². The number of hydrogen-bond donors (Lipinski definition) is 0. The van der Waals surface area contributed by atoms with E-state index in [1.807, 2.05) is 26.3 Å². The van der Waals surface area contributed by atoms with Crippen molar-refractivity contribution in [1.82, 2.24) is 19.7 Å². The van der Waals surface area contributed by atoms with Gasteiger partial charge in [0.25, 0.3) is 0 Å². The number of carbonyl (C=O) groups excluding carboxylic acids is 1. The van der Waals surface area contributed by atoms with Crippen molar-refractivity contribution in [3.05, 3.63) is 35.0 Å². The Kier molecular flexibility index (Phi) is 3.59. The molecule has 1 fully saturated rings. The summed E-state index contributed by atoms with van der Waals surface area (Å²) in [6, 6.07) is 2.45. The van der Waals surface area contributed by atoms with E-state index in [4.69, 9.17) is 0 Å². The molecule has 3 heterocycles. The van der Waals surface area contributed by atoms with Gasteiger partial charge >= 0.3 is 0 Å². The summed E-state index contributed by atoms with van der Waals surface area (Å²) < 4.78 is 2.04. The van der Waals surface area contributed by atoms with Crippen molar-refractivity contribution < 1.29 is 4.79 Å². The summed E-state index contributed by atoms with van der Waals surface area (Å²) in [6.07, 6.45) is 6.00. The third kappa shape index (κ3) is 2.84. The second-order valence-electron chi connectivity index (χ2n) is 4.83. The predicted octanol–water partition coefficient (Wildman–Crippen LogP) is 1.75. The molecule has 6 heteroatoms. The summed E-state index contributed by atoms with van der Waals surface area (Å²) >= 11 is 1.64. The molecular formula is C13H16N4OS. The first-order valence-corrected chi connectivity index (χ1v) is 7.40. The molecule has 1 aliphatic rings. The lowest BCUT2D eigenvalue weighted by Gasteiger charge is -2.32. The maximum absolute atomic E-state index is 12.2. The lowest BCUT2D eigenvalue weighted by atomic mass is 10.0. The quantitative estimate of drug-likeness (QED) is 0.858. The van der Waals surface area contributed by atoms with Gasteiger partial charge in [-0.25, -0.2) is 0 Å². The number of amides is 1. The molecule has 0 N–H and O–H groups in total. The van der Waals surface area contributed by atoms with Crippen LogP contribution < -0.4 is 0 Å². The van der Waals surface area contributed by atoms with Gasteiger partial charge in [0.15, 0.2) is 0 Å². The maximum atomic E-state index is 12.2. The van der Waals surface area contributed by atoms with Gasteiger partial charge in [0.1, 0.15) is 12.7 Å². The molecule has 100 valence electrons. The largest absolute Gasteiger partial charge is 0.342 e. The van der Waals surface area contributed by atoms with Crippen LogP contribution in [0.25, 0.3) is 0 Å². The Labute approximate surface area is 115 Å². The summed E-state index contributed by atoms with van der Waals surface area (Å²) in [6.45, 7) is 1.65. The average molecular weight is 276 g/mol. The van der Waals surface area contributed by atoms with Crippen molar-refractivity contribution in [2.45, 2.75) is 25.3 Å². The second kappa shape index (κ2) is 5.52. The highest BCUT2D eigenvalue weighted by Crippen LogP contribution is 2.22. The highest BCUT2D eigenvalue weighted by Gasteiger charge is 2.23. The third-order valence-corrected chi connectivity index (χ3v) is 4.34. The molecule has 19 heavy (non-hydrogen) atoms. The standard InChI is InChI=1S/C13H16N4OS/c18-13(7-11-3-6-19-8-11)16-4-1-12(2-5-16)17-9-14-15-10-17/h3,6,8-10,12H,1-2,4-5,7H2. The fourth-order valence-electron chi connectivity index (χ4n) is 2.49. The van der Waals surface area contributed by atoms with Crippen LogP contribution in [0.4, 0.5) is 0 Å². The summed E-state index contributed by atoms with van der Waals surface area (Å²) in [5.74, 6) is 0.237. The van der Waals surface area contributed by atoms with Crippen molar-refractivity contribution in [3.63, 3.8) is 0 Å². The van der Waals surface area contributed by atoms with Gasteiger partial charge in [-0.2, -0.15) is 11.3 Å². The van der Waals surface area contributed by atoms with Crippen LogP contribution in [0.2, 0.25) is 0 Å². The number of likely N-dealkylation sites (tertiary alicyclic amines) is 1. The summed E-state index contributed by atoms with van der Waals surface area (Å²) in [5, 5.41) is 11.7. The molecular weight excluding hydrogens is 260 g/mol. The molecule has 1 amide bonds. The van der Waals surface area contributed by atoms with E-state index in [1.54, 1.807) is 24.0 Å². The van der Waals surface area contributed by atoms with Crippen molar-refractivity contribution in [3.8, 4) is 0 Å². The fourth-order valence-corrected chi connectivity index (χ4v) is 3.16. The Balaban J connectivity index is 1.54. The number of nitrogens with zero attached hydrogens (tertiary/aromatic N) is 4. The van der Waals surface area contributed by atoms with Gasteiger partial charge in [0, 0.05) is 19.1 Å². The van der Waals surface area contributed by atoms with E-state index in [0.29, 0.717) is 12.5 Å². The van der Waals surface area contributed by atoms with Gasteiger partial charge in [-0.15, -0.1) is 10.2 Å². The number of thiophene rings is 1. The predicted molar refractivity (Wildman–Crippen MR) is 72.9 cm³/mol. The average Bonchev–Trinajstić information content (AvgIpc) is 3.12. The highest BCUT2D eigenvalue weighted by atomic mass is 32.1. The van der Waals surface area contributed by atoms with E-state index >= 15 is 0 Å². The Hall–Kier alpha value is -1.69. The smallest absolute Gasteiger partial charge is 0.227 e. The third-order valence-electron chi connectivity index (χ3n) is 3.61. The molecule has 0 aromatic carbocycles. The summed E-state index contributed by atoms with van der Waals surface area (Å²) in [7, 11) is 0. The van der Waals surface area contributed by atoms with E-state index in [0.717, 1.165) is 31.5 Å². The van der Waals surface area contributed by atoms with Crippen molar-refractivity contribution in [2.24, 2.45) is 0 Å². The fraction of sp³-hybridized carbons (Fsp3) is 0.462. The summed E-state index contributed by atoms with van der Waals surface area (Å²) in [4.78, 5) is 14.1. The van der Waals surface area contributed by atoms with Crippen LogP contribution in [0, 0.1) is 0 Å². The molecule has 2 aromatic rings. The van der Waals surface area contributed by atoms with Gasteiger partial charge in [0.05, 0.1) is 6.42 Å². The number of carbonyl (C=O) groups is 1. The van der Waals surface area contributed by atoms with Gasteiger partial charge in [-0.3, -0.25) is 4.79 Å². The van der Waals surface area contributed by atoms with Gasteiger partial charge in [-0.1, -0.05) is 0 Å². The molecule has 2 aromatic heterocycles. The topological polar surface area (TPSA) is 51.0 Å². The van der Waals surface area contributed by atoms with Crippen LogP contribution >= 0.6 is 11.3 Å². The number of piperidine rings is 1. The van der Waals surface area contributed by atoms with Crippen LogP contribution in [-0.4, -0.2) is 38.7 Å². The minimum atomic E-state index is 0.237. The highest BCUT2D eigenvalue weighted by molar-refractivity contribution is 7.07. The normalized spacial score (nSPS) is 16.7. The number of rotatable bonds is 3. The van der Waals surface area contributed by atoms with Crippen LogP contribution in [0.3, 0.4) is 0 Å². The van der Waals surface area contributed by atoms with E-state index in [1.165, 1.54) is 0 Å². The van der Waals surface area contributed by atoms with E-state index in [9.17, 15) is 4.79 Å². The van der Waals surface area contributed by atoms with Crippen LogP contribution in [-0.2, 0) is 11.2 Å².